The largest absolute Gasteiger partial charge is 0.402 e. The van der Waals surface area contributed by atoms with Crippen LogP contribution in [0.4, 0.5) is 5.69 Å². The van der Waals surface area contributed by atoms with E-state index < -0.39 is 6.04 Å². The Morgan fingerprint density at radius 3 is 2.41 bits per heavy atom. The average Bonchev–Trinajstić information content (AvgIpc) is 3.69. The topological polar surface area (TPSA) is 139 Å². The molecule has 2 heterocycles. The highest BCUT2D eigenvalue weighted by Gasteiger charge is 2.55. The maximum atomic E-state index is 13.5. The van der Waals surface area contributed by atoms with Crippen LogP contribution in [0.1, 0.15) is 62.6 Å². The second kappa shape index (κ2) is 9.04. The minimum atomic E-state index is -0.660. The second-order valence-corrected chi connectivity index (χ2v) is 9.91. The quantitative estimate of drug-likeness (QED) is 0.423. The number of nitrogens with one attached hydrogen (secondary N) is 3. The van der Waals surface area contributed by atoms with Crippen molar-refractivity contribution in [2.45, 2.75) is 52.5 Å². The summed E-state index contributed by atoms with van der Waals surface area (Å²) in [6.45, 7) is 5.61. The Balaban J connectivity index is 1.57. The summed E-state index contributed by atoms with van der Waals surface area (Å²) in [5, 5.41) is 18.0. The van der Waals surface area contributed by atoms with Gasteiger partial charge in [0, 0.05) is 30.2 Å². The van der Waals surface area contributed by atoms with Gasteiger partial charge in [0.2, 0.25) is 5.91 Å². The van der Waals surface area contributed by atoms with Crippen LogP contribution in [-0.4, -0.2) is 38.3 Å². The molecular weight excluding hydrogens is 430 g/mol. The average molecular weight is 464 g/mol. The summed E-state index contributed by atoms with van der Waals surface area (Å²) in [4.78, 5) is 31.0. The molecule has 5 N–H and O–H groups in total. The van der Waals surface area contributed by atoms with Gasteiger partial charge in [0.05, 0.1) is 17.6 Å². The number of hydrogen-bond acceptors (Lipinski definition) is 6. The van der Waals surface area contributed by atoms with Gasteiger partial charge in [-0.05, 0) is 75.0 Å². The van der Waals surface area contributed by atoms with Crippen LogP contribution < -0.4 is 16.4 Å². The van der Waals surface area contributed by atoms with Gasteiger partial charge in [0.25, 0.3) is 5.91 Å². The molecule has 0 saturated heterocycles. The van der Waals surface area contributed by atoms with Crippen molar-refractivity contribution in [3.05, 3.63) is 47.7 Å². The summed E-state index contributed by atoms with van der Waals surface area (Å²) >= 11 is 0. The fourth-order valence-electron chi connectivity index (χ4n) is 4.89. The predicted molar refractivity (Wildman–Crippen MR) is 131 cm³/mol. The lowest BCUT2D eigenvalue weighted by atomic mass is 9.80. The highest BCUT2D eigenvalue weighted by Crippen LogP contribution is 2.60. The van der Waals surface area contributed by atoms with Gasteiger partial charge in [-0.15, -0.1) is 0 Å². The summed E-state index contributed by atoms with van der Waals surface area (Å²) in [6.07, 6.45) is 7.42. The Morgan fingerprint density at radius 1 is 1.24 bits per heavy atom. The number of hydrogen-bond donors (Lipinski definition) is 4. The molecule has 2 aromatic heterocycles. The predicted octanol–water partition coefficient (Wildman–Crippen LogP) is 3.11. The van der Waals surface area contributed by atoms with E-state index in [9.17, 15) is 9.59 Å². The van der Waals surface area contributed by atoms with Crippen molar-refractivity contribution in [2.75, 3.05) is 5.32 Å². The van der Waals surface area contributed by atoms with E-state index in [4.69, 9.17) is 11.1 Å². The van der Waals surface area contributed by atoms with E-state index in [1.165, 1.54) is 4.68 Å². The minimum Gasteiger partial charge on any atom is -0.402 e. The van der Waals surface area contributed by atoms with Gasteiger partial charge >= 0.3 is 0 Å². The smallest absolute Gasteiger partial charge is 0.270 e. The SMILES string of the molecule is CC(=N)C(=C(C)N)c1ccc(NC(=O)[C@@H](NC(=O)c2ccnn2C)C(C2CC2)C2(C)CC2)cn1. The number of amides is 2. The third-order valence-corrected chi connectivity index (χ3v) is 7.01. The molecule has 2 amide bonds. The zero-order valence-electron chi connectivity index (χ0n) is 20.2. The van der Waals surface area contributed by atoms with Crippen molar-refractivity contribution in [1.82, 2.24) is 20.1 Å². The highest BCUT2D eigenvalue weighted by atomic mass is 16.2. The van der Waals surface area contributed by atoms with E-state index in [1.54, 1.807) is 51.5 Å². The van der Waals surface area contributed by atoms with Crippen molar-refractivity contribution in [2.24, 2.45) is 30.0 Å². The lowest BCUT2D eigenvalue weighted by molar-refractivity contribution is -0.120. The van der Waals surface area contributed by atoms with Gasteiger partial charge in [0.15, 0.2) is 0 Å². The van der Waals surface area contributed by atoms with Gasteiger partial charge in [-0.1, -0.05) is 6.92 Å². The van der Waals surface area contributed by atoms with Gasteiger partial charge in [-0.2, -0.15) is 5.10 Å². The van der Waals surface area contributed by atoms with Crippen LogP contribution in [0.15, 0.2) is 36.3 Å². The number of aryl methyl sites for hydroxylation is 1. The molecule has 0 radical (unpaired) electrons. The molecule has 0 aliphatic heterocycles. The van der Waals surface area contributed by atoms with Crippen molar-refractivity contribution < 1.29 is 9.59 Å². The number of carbonyl (C=O) groups is 2. The van der Waals surface area contributed by atoms with E-state index in [2.05, 4.69) is 27.6 Å². The van der Waals surface area contributed by atoms with Crippen molar-refractivity contribution in [3.63, 3.8) is 0 Å². The van der Waals surface area contributed by atoms with E-state index in [0.717, 1.165) is 25.7 Å². The normalized spacial score (nSPS) is 18.9. The summed E-state index contributed by atoms with van der Waals surface area (Å²) in [6, 6.07) is 4.47. The Morgan fingerprint density at radius 2 is 1.94 bits per heavy atom. The maximum Gasteiger partial charge on any atom is 0.270 e. The summed E-state index contributed by atoms with van der Waals surface area (Å²) in [7, 11) is 1.71. The first-order valence-electron chi connectivity index (χ1n) is 11.7. The number of nitrogens with two attached hydrogens (primary N) is 1. The maximum absolute atomic E-state index is 13.5. The lowest BCUT2D eigenvalue weighted by Crippen LogP contribution is -2.51. The van der Waals surface area contributed by atoms with Crippen LogP contribution in [-0.2, 0) is 11.8 Å². The Hall–Kier alpha value is -3.49. The number of anilines is 1. The molecule has 9 heteroatoms. The molecule has 2 aliphatic rings. The van der Waals surface area contributed by atoms with Crippen LogP contribution in [0.25, 0.3) is 5.57 Å². The second-order valence-electron chi connectivity index (χ2n) is 9.91. The first-order valence-corrected chi connectivity index (χ1v) is 11.7. The molecule has 0 aromatic carbocycles. The fraction of sp³-hybridized carbons (Fsp3) is 0.480. The molecule has 2 saturated carbocycles. The first kappa shape index (κ1) is 23.7. The number of rotatable bonds is 9. The van der Waals surface area contributed by atoms with Gasteiger partial charge in [0.1, 0.15) is 11.7 Å². The molecule has 2 fully saturated rings. The number of nitrogens with zero attached hydrogens (tertiary/aromatic N) is 3. The van der Waals surface area contributed by atoms with E-state index in [1.807, 2.05) is 0 Å². The Kier molecular flexibility index (Phi) is 6.29. The molecule has 1 unspecified atom stereocenters. The number of pyridine rings is 1. The van der Waals surface area contributed by atoms with Crippen LogP contribution in [0.3, 0.4) is 0 Å². The minimum absolute atomic E-state index is 0.0604. The number of aromatic nitrogens is 3. The molecule has 9 nitrogen and oxygen atoms in total. The molecule has 0 spiro atoms. The standard InChI is InChI=1S/C25H33N7O2/c1-14(26)20(15(2)27)18-8-7-17(13-28-18)30-24(34)22(21(16-5-6-16)25(3)10-11-25)31-23(33)19-9-12-29-32(19)4/h7-9,12-13,16,21-22,26H,5-6,10-11,27H2,1-4H3,(H,30,34)(H,31,33)/t21?,22-/m0/s1. The molecule has 2 aromatic rings. The summed E-state index contributed by atoms with van der Waals surface area (Å²) in [5.74, 6) is -0.0411. The van der Waals surface area contributed by atoms with Gasteiger partial charge < -0.3 is 21.8 Å². The van der Waals surface area contributed by atoms with Gasteiger partial charge in [-0.25, -0.2) is 0 Å². The van der Waals surface area contributed by atoms with Crippen LogP contribution in [0.5, 0.6) is 0 Å². The van der Waals surface area contributed by atoms with Crippen LogP contribution >= 0.6 is 0 Å². The molecule has 0 bridgehead atoms. The third-order valence-electron chi connectivity index (χ3n) is 7.01. The Bertz CT molecular complexity index is 1140. The first-order chi connectivity index (χ1) is 16.1. The zero-order chi connectivity index (χ0) is 24.6. The zero-order valence-corrected chi connectivity index (χ0v) is 20.2. The van der Waals surface area contributed by atoms with Crippen molar-refractivity contribution in [3.8, 4) is 0 Å². The number of carbonyl (C=O) groups excluding carboxylic acids is 2. The summed E-state index contributed by atoms with van der Waals surface area (Å²) in [5.41, 5.74) is 8.92. The van der Waals surface area contributed by atoms with Crippen LogP contribution in [0, 0.1) is 22.7 Å². The summed E-state index contributed by atoms with van der Waals surface area (Å²) < 4.78 is 1.51. The van der Waals surface area contributed by atoms with E-state index in [-0.39, 0.29) is 23.1 Å². The monoisotopic (exact) mass is 463 g/mol. The Labute approximate surface area is 199 Å². The third kappa shape index (κ3) is 4.88. The van der Waals surface area contributed by atoms with E-state index >= 15 is 0 Å². The molecule has 34 heavy (non-hydrogen) atoms. The highest BCUT2D eigenvalue weighted by molar-refractivity contribution is 6.21. The molecular formula is C25H33N7O2. The molecule has 4 rings (SSSR count). The molecule has 2 atom stereocenters. The van der Waals surface area contributed by atoms with Gasteiger partial charge in [-0.3, -0.25) is 19.3 Å². The lowest BCUT2D eigenvalue weighted by Gasteiger charge is -2.32. The molecule has 2 aliphatic carbocycles. The molecule has 180 valence electrons. The van der Waals surface area contributed by atoms with Crippen molar-refractivity contribution in [1.29, 1.82) is 5.41 Å². The number of allylic oxidation sites excluding steroid dienone is 2. The van der Waals surface area contributed by atoms with Crippen LogP contribution in [0.2, 0.25) is 0 Å². The fourth-order valence-corrected chi connectivity index (χ4v) is 4.89. The van der Waals surface area contributed by atoms with E-state index in [0.29, 0.717) is 40.0 Å². The van der Waals surface area contributed by atoms with Crippen molar-refractivity contribution >= 4 is 28.8 Å².